The van der Waals surface area contributed by atoms with Gasteiger partial charge in [-0.2, -0.15) is 0 Å². The fourth-order valence-corrected chi connectivity index (χ4v) is 3.80. The maximum absolute atomic E-state index is 13.9. The van der Waals surface area contributed by atoms with E-state index in [9.17, 15) is 14.3 Å². The monoisotopic (exact) mass is 419 g/mol. The molecule has 0 spiro atoms. The number of halogens is 2. The molecule has 0 radical (unpaired) electrons. The molecular formula is C15H15FINO2S. The Morgan fingerprint density at radius 1 is 1.43 bits per heavy atom. The topological polar surface area (TPSA) is 49.3 Å². The van der Waals surface area contributed by atoms with E-state index in [1.54, 1.807) is 12.1 Å². The summed E-state index contributed by atoms with van der Waals surface area (Å²) in [6.07, 6.45) is 0.651. The molecule has 2 N–H and O–H groups in total. The van der Waals surface area contributed by atoms with Crippen molar-refractivity contribution in [3.8, 4) is 0 Å². The van der Waals surface area contributed by atoms with E-state index in [2.05, 4.69) is 5.32 Å². The Balaban J connectivity index is 2.46. The predicted molar refractivity (Wildman–Crippen MR) is 92.0 cm³/mol. The summed E-state index contributed by atoms with van der Waals surface area (Å²) in [6, 6.07) is 4.88. The van der Waals surface area contributed by atoms with Crippen molar-refractivity contribution >= 4 is 50.4 Å². The molecule has 1 aromatic heterocycles. The molecule has 0 atom stereocenters. The number of aliphatic hydroxyl groups excluding tert-OH is 1. The zero-order valence-corrected chi connectivity index (χ0v) is 14.6. The quantitative estimate of drug-likeness (QED) is 0.555. The van der Waals surface area contributed by atoms with Gasteiger partial charge in [-0.15, -0.1) is 11.3 Å². The van der Waals surface area contributed by atoms with E-state index < -0.39 is 0 Å². The van der Waals surface area contributed by atoms with Crippen molar-refractivity contribution < 1.29 is 14.3 Å². The van der Waals surface area contributed by atoms with Crippen molar-refractivity contribution in [3.63, 3.8) is 0 Å². The minimum atomic E-state index is -0.360. The highest BCUT2D eigenvalue weighted by Crippen LogP contribution is 2.36. The Bertz CT molecular complexity index is 685. The molecular weight excluding hydrogens is 404 g/mol. The average molecular weight is 419 g/mol. The van der Waals surface area contributed by atoms with Gasteiger partial charge in [0.15, 0.2) is 5.78 Å². The van der Waals surface area contributed by atoms with E-state index in [0.717, 1.165) is 9.13 Å². The number of ketones is 1. The third-order valence-electron chi connectivity index (χ3n) is 3.13. The molecule has 0 unspecified atom stereocenters. The molecule has 0 saturated carbocycles. The number of carbonyl (C=O) groups is 1. The fourth-order valence-electron chi connectivity index (χ4n) is 2.14. The molecule has 0 aliphatic carbocycles. The Morgan fingerprint density at radius 3 is 2.67 bits per heavy atom. The zero-order valence-electron chi connectivity index (χ0n) is 11.7. The molecule has 3 nitrogen and oxygen atoms in total. The molecule has 0 fully saturated rings. The lowest BCUT2D eigenvalue weighted by Gasteiger charge is -2.08. The van der Waals surface area contributed by atoms with Crippen molar-refractivity contribution in [2.75, 3.05) is 5.32 Å². The molecule has 1 aromatic carbocycles. The van der Waals surface area contributed by atoms with Gasteiger partial charge >= 0.3 is 0 Å². The van der Waals surface area contributed by atoms with Gasteiger partial charge < -0.3 is 10.4 Å². The van der Waals surface area contributed by atoms with Crippen LogP contribution >= 0.6 is 33.9 Å². The molecule has 0 bridgehead atoms. The number of carbonyl (C=O) groups excluding carboxylic acids is 1. The van der Waals surface area contributed by atoms with E-state index in [1.807, 2.05) is 29.5 Å². The Morgan fingerprint density at radius 2 is 2.14 bits per heavy atom. The minimum absolute atomic E-state index is 0.0392. The third-order valence-corrected chi connectivity index (χ3v) is 5.09. The number of benzene rings is 1. The van der Waals surface area contributed by atoms with Crippen LogP contribution in [0.3, 0.4) is 0 Å². The van der Waals surface area contributed by atoms with Gasteiger partial charge in [0.2, 0.25) is 0 Å². The Labute approximate surface area is 140 Å². The van der Waals surface area contributed by atoms with Gasteiger partial charge in [-0.05, 0) is 59.7 Å². The largest absolute Gasteiger partial charge is 0.392 e. The molecule has 0 aliphatic rings. The second kappa shape index (κ2) is 6.85. The molecule has 112 valence electrons. The van der Waals surface area contributed by atoms with E-state index in [-0.39, 0.29) is 18.2 Å². The highest BCUT2D eigenvalue weighted by molar-refractivity contribution is 14.1. The summed E-state index contributed by atoms with van der Waals surface area (Å²) in [7, 11) is 0. The van der Waals surface area contributed by atoms with Crippen LogP contribution in [0.4, 0.5) is 15.1 Å². The number of anilines is 2. The van der Waals surface area contributed by atoms with Crippen molar-refractivity contribution in [2.45, 2.75) is 26.9 Å². The zero-order chi connectivity index (χ0) is 15.6. The van der Waals surface area contributed by atoms with Crippen molar-refractivity contribution in [3.05, 3.63) is 43.6 Å². The Hall–Kier alpha value is -0.990. The van der Waals surface area contributed by atoms with Crippen molar-refractivity contribution in [1.29, 1.82) is 0 Å². The van der Waals surface area contributed by atoms with Gasteiger partial charge in [0.05, 0.1) is 22.2 Å². The van der Waals surface area contributed by atoms with Crippen LogP contribution < -0.4 is 5.32 Å². The van der Waals surface area contributed by atoms with E-state index in [4.69, 9.17) is 0 Å². The van der Waals surface area contributed by atoms with Gasteiger partial charge in [0, 0.05) is 9.13 Å². The molecule has 1 heterocycles. The van der Waals surface area contributed by atoms with Crippen LogP contribution in [0.25, 0.3) is 0 Å². The number of nitrogens with one attached hydrogen (secondary N) is 1. The van der Waals surface area contributed by atoms with Gasteiger partial charge in [0.25, 0.3) is 0 Å². The first kappa shape index (κ1) is 16.4. The molecule has 0 saturated heterocycles. The number of rotatable bonds is 5. The predicted octanol–water partition coefficient (Wildman–Crippen LogP) is 4.49. The first-order valence-electron chi connectivity index (χ1n) is 6.46. The molecule has 2 aromatic rings. The first-order valence-corrected chi connectivity index (χ1v) is 8.35. The van der Waals surface area contributed by atoms with Crippen LogP contribution in [0.1, 0.15) is 34.6 Å². The SMILES string of the molecule is CCc1c(C(C)=O)sc(Nc2ccc(I)cc2F)c1CO. The molecule has 0 amide bonds. The standard InChI is InChI=1S/C15H15FINO2S/c1-3-10-11(7-19)15(21-14(10)8(2)20)18-13-5-4-9(17)6-12(13)16/h4-6,18-19H,3,7H2,1-2H3. The summed E-state index contributed by atoms with van der Waals surface area (Å²) in [5.41, 5.74) is 1.85. The lowest BCUT2D eigenvalue weighted by molar-refractivity contribution is 0.102. The number of Topliss-reactive ketones (excluding diaryl/α,β-unsaturated/α-hetero) is 1. The summed E-state index contributed by atoms with van der Waals surface area (Å²) in [5.74, 6) is -0.399. The second-order valence-corrected chi connectivity index (χ2v) is 6.80. The van der Waals surface area contributed by atoms with Crippen LogP contribution in [0, 0.1) is 9.39 Å². The minimum Gasteiger partial charge on any atom is -0.392 e. The lowest BCUT2D eigenvalue weighted by Crippen LogP contribution is -1.98. The van der Waals surface area contributed by atoms with E-state index in [0.29, 0.717) is 27.5 Å². The van der Waals surface area contributed by atoms with Crippen LogP contribution in [0.15, 0.2) is 18.2 Å². The van der Waals surface area contributed by atoms with Gasteiger partial charge in [-0.1, -0.05) is 6.92 Å². The summed E-state index contributed by atoms with van der Waals surface area (Å²) >= 11 is 3.30. The third kappa shape index (κ3) is 3.44. The number of thiophene rings is 1. The summed E-state index contributed by atoms with van der Waals surface area (Å²) in [6.45, 7) is 3.26. The molecule has 21 heavy (non-hydrogen) atoms. The second-order valence-electron chi connectivity index (χ2n) is 4.53. The highest BCUT2D eigenvalue weighted by Gasteiger charge is 2.19. The first-order chi connectivity index (χ1) is 9.97. The highest BCUT2D eigenvalue weighted by atomic mass is 127. The van der Waals surface area contributed by atoms with Crippen LogP contribution in [0.5, 0.6) is 0 Å². The van der Waals surface area contributed by atoms with E-state index >= 15 is 0 Å². The lowest BCUT2D eigenvalue weighted by atomic mass is 10.1. The van der Waals surface area contributed by atoms with Crippen LogP contribution in [0.2, 0.25) is 0 Å². The number of hydrogen-bond donors (Lipinski definition) is 2. The average Bonchev–Trinajstić information content (AvgIpc) is 2.79. The number of hydrogen-bond acceptors (Lipinski definition) is 4. The maximum atomic E-state index is 13.9. The molecule has 6 heteroatoms. The molecule has 2 rings (SSSR count). The normalized spacial score (nSPS) is 10.7. The van der Waals surface area contributed by atoms with Gasteiger partial charge in [-0.3, -0.25) is 4.79 Å². The number of aliphatic hydroxyl groups is 1. The maximum Gasteiger partial charge on any atom is 0.170 e. The Kier molecular flexibility index (Phi) is 5.34. The van der Waals surface area contributed by atoms with Gasteiger partial charge in [0.1, 0.15) is 5.82 Å². The smallest absolute Gasteiger partial charge is 0.170 e. The van der Waals surface area contributed by atoms with Crippen molar-refractivity contribution in [1.82, 2.24) is 0 Å². The molecule has 0 aliphatic heterocycles. The summed E-state index contributed by atoms with van der Waals surface area (Å²) < 4.78 is 14.7. The fraction of sp³-hybridized carbons (Fsp3) is 0.267. The summed E-state index contributed by atoms with van der Waals surface area (Å²) in [5, 5.41) is 13.2. The van der Waals surface area contributed by atoms with Crippen molar-refractivity contribution in [2.24, 2.45) is 0 Å². The van der Waals surface area contributed by atoms with E-state index in [1.165, 1.54) is 24.3 Å². The van der Waals surface area contributed by atoms with Gasteiger partial charge in [-0.25, -0.2) is 4.39 Å². The van der Waals surface area contributed by atoms with Crippen LogP contribution in [-0.2, 0) is 13.0 Å². The van der Waals surface area contributed by atoms with Crippen LogP contribution in [-0.4, -0.2) is 10.9 Å². The summed E-state index contributed by atoms with van der Waals surface area (Å²) in [4.78, 5) is 12.3.